The molecule has 0 aliphatic carbocycles. The molecule has 0 rings (SSSR count). The summed E-state index contributed by atoms with van der Waals surface area (Å²) in [5, 5.41) is 0. The van der Waals surface area contributed by atoms with E-state index in [2.05, 4.69) is 18.7 Å². The Balaban J connectivity index is 4.65. The number of esters is 1. The molecule has 0 N–H and O–H groups in total. The van der Waals surface area contributed by atoms with Crippen LogP contribution in [-0.2, 0) is 14.3 Å². The van der Waals surface area contributed by atoms with Crippen molar-refractivity contribution in [1.29, 1.82) is 0 Å². The first-order valence-corrected chi connectivity index (χ1v) is 7.30. The van der Waals surface area contributed by atoms with Crippen LogP contribution in [0.5, 0.6) is 0 Å². The predicted molar refractivity (Wildman–Crippen MR) is 88.1 cm³/mol. The van der Waals surface area contributed by atoms with Crippen LogP contribution in [0, 0.1) is 5.92 Å². The summed E-state index contributed by atoms with van der Waals surface area (Å²) in [7, 11) is 1.69. The minimum Gasteiger partial charge on any atom is -0.463 e. The van der Waals surface area contributed by atoms with Crippen LogP contribution in [-0.4, -0.2) is 25.8 Å². The summed E-state index contributed by atoms with van der Waals surface area (Å²) >= 11 is 0. The summed E-state index contributed by atoms with van der Waals surface area (Å²) in [6.45, 7) is 11.8. The molecule has 0 heterocycles. The number of hydrogen-bond donors (Lipinski definition) is 0. The van der Waals surface area contributed by atoms with Crippen molar-refractivity contribution in [2.24, 2.45) is 5.92 Å². The lowest BCUT2D eigenvalue weighted by Gasteiger charge is -2.08. The van der Waals surface area contributed by atoms with Crippen molar-refractivity contribution in [2.75, 3.05) is 13.7 Å². The van der Waals surface area contributed by atoms with Crippen molar-refractivity contribution in [2.45, 2.75) is 40.2 Å². The lowest BCUT2D eigenvalue weighted by Crippen LogP contribution is -2.06. The molecule has 3 nitrogen and oxygen atoms in total. The van der Waals surface area contributed by atoms with Crippen LogP contribution in [0.15, 0.2) is 48.1 Å². The van der Waals surface area contributed by atoms with Gasteiger partial charge in [0.1, 0.15) is 0 Å². The normalized spacial score (nSPS) is 15.9. The maximum absolute atomic E-state index is 11.5. The maximum atomic E-state index is 11.5. The van der Waals surface area contributed by atoms with Gasteiger partial charge in [-0.2, -0.15) is 0 Å². The predicted octanol–water partition coefficient (Wildman–Crippen LogP) is 4.23. The summed E-state index contributed by atoms with van der Waals surface area (Å²) in [5.41, 5.74) is 1.76. The quantitative estimate of drug-likeness (QED) is 0.276. The van der Waals surface area contributed by atoms with Crippen LogP contribution in [0.3, 0.4) is 0 Å². The molecule has 0 aliphatic heterocycles. The Morgan fingerprint density at radius 2 is 1.95 bits per heavy atom. The number of allylic oxidation sites excluding steroid dienone is 4. The zero-order valence-electron chi connectivity index (χ0n) is 13.9. The van der Waals surface area contributed by atoms with E-state index < -0.39 is 0 Å². The van der Waals surface area contributed by atoms with Crippen LogP contribution < -0.4 is 0 Å². The average molecular weight is 292 g/mol. The largest absolute Gasteiger partial charge is 0.463 e. The second-order valence-corrected chi connectivity index (χ2v) is 5.00. The molecule has 0 unspecified atom stereocenters. The third kappa shape index (κ3) is 9.03. The minimum absolute atomic E-state index is 0.0549. The molecule has 0 aliphatic rings. The molecule has 118 valence electrons. The molecular weight excluding hydrogens is 264 g/mol. The van der Waals surface area contributed by atoms with E-state index in [4.69, 9.17) is 9.47 Å². The monoisotopic (exact) mass is 292 g/mol. The van der Waals surface area contributed by atoms with Crippen molar-refractivity contribution in [3.63, 3.8) is 0 Å². The molecule has 0 aromatic carbocycles. The molecule has 0 fully saturated rings. The van der Waals surface area contributed by atoms with Gasteiger partial charge in [-0.25, -0.2) is 4.79 Å². The second kappa shape index (κ2) is 11.1. The van der Waals surface area contributed by atoms with E-state index in [1.54, 1.807) is 21.0 Å². The molecule has 0 saturated carbocycles. The molecule has 0 spiro atoms. The van der Waals surface area contributed by atoms with E-state index >= 15 is 0 Å². The van der Waals surface area contributed by atoms with E-state index in [-0.39, 0.29) is 18.0 Å². The van der Waals surface area contributed by atoms with Gasteiger partial charge in [-0.15, -0.1) is 6.58 Å². The summed E-state index contributed by atoms with van der Waals surface area (Å²) in [6.07, 6.45) is 10.7. The standard InChI is InChI=1S/C18H28O3/c1-7-9-17(20-6)13-15(4)11-10-14(3)12-16(5)18(19)21-8-2/h7,10-14,17H,1,8-9H2,2-6H3/b11-10+,15-13+,16-12+/t14-,17+/m1/s1. The number of carbonyl (C=O) groups is 1. The van der Waals surface area contributed by atoms with Crippen molar-refractivity contribution < 1.29 is 14.3 Å². The maximum Gasteiger partial charge on any atom is 0.333 e. The third-order valence-corrected chi connectivity index (χ3v) is 2.92. The summed E-state index contributed by atoms with van der Waals surface area (Å²) < 4.78 is 10.3. The third-order valence-electron chi connectivity index (χ3n) is 2.92. The van der Waals surface area contributed by atoms with E-state index in [1.165, 1.54) is 0 Å². The smallest absolute Gasteiger partial charge is 0.333 e. The van der Waals surface area contributed by atoms with Crippen LogP contribution in [0.2, 0.25) is 0 Å². The molecule has 0 aromatic rings. The highest BCUT2D eigenvalue weighted by Gasteiger charge is 2.05. The van der Waals surface area contributed by atoms with Gasteiger partial charge < -0.3 is 9.47 Å². The SMILES string of the molecule is C=CC[C@@H](/C=C(C)/C=C/[C@@H](C)/C=C(\C)C(=O)OCC)OC. The summed E-state index contributed by atoms with van der Waals surface area (Å²) in [6, 6.07) is 0. The Bertz CT molecular complexity index is 416. The van der Waals surface area contributed by atoms with Gasteiger partial charge in [-0.1, -0.05) is 42.9 Å². The van der Waals surface area contributed by atoms with Gasteiger partial charge in [0.15, 0.2) is 0 Å². The highest BCUT2D eigenvalue weighted by atomic mass is 16.5. The number of hydrogen-bond acceptors (Lipinski definition) is 3. The van der Waals surface area contributed by atoms with Gasteiger partial charge in [0.2, 0.25) is 0 Å². The Labute approximate surface area is 129 Å². The van der Waals surface area contributed by atoms with Crippen molar-refractivity contribution in [3.8, 4) is 0 Å². The molecule has 0 saturated heterocycles. The topological polar surface area (TPSA) is 35.5 Å². The number of ether oxygens (including phenoxy) is 2. The fourth-order valence-corrected chi connectivity index (χ4v) is 1.81. The number of methoxy groups -OCH3 is 1. The minimum atomic E-state index is -0.254. The first-order chi connectivity index (χ1) is 9.94. The van der Waals surface area contributed by atoms with Crippen molar-refractivity contribution in [3.05, 3.63) is 48.1 Å². The summed E-state index contributed by atoms with van der Waals surface area (Å²) in [4.78, 5) is 11.5. The first kappa shape index (κ1) is 19.4. The van der Waals surface area contributed by atoms with E-state index in [1.807, 2.05) is 32.1 Å². The van der Waals surface area contributed by atoms with Gasteiger partial charge in [0.25, 0.3) is 0 Å². The highest BCUT2D eigenvalue weighted by Crippen LogP contribution is 2.10. The molecular formula is C18H28O3. The Hall–Kier alpha value is -1.61. The zero-order chi connectivity index (χ0) is 16.3. The Morgan fingerprint density at radius 1 is 1.29 bits per heavy atom. The average Bonchev–Trinajstić information content (AvgIpc) is 2.44. The first-order valence-electron chi connectivity index (χ1n) is 7.30. The second-order valence-electron chi connectivity index (χ2n) is 5.00. The lowest BCUT2D eigenvalue weighted by molar-refractivity contribution is -0.138. The molecule has 21 heavy (non-hydrogen) atoms. The molecule has 0 bridgehead atoms. The van der Waals surface area contributed by atoms with E-state index in [0.29, 0.717) is 12.2 Å². The summed E-state index contributed by atoms with van der Waals surface area (Å²) in [5.74, 6) is -0.0893. The van der Waals surface area contributed by atoms with E-state index in [0.717, 1.165) is 12.0 Å². The molecule has 0 amide bonds. The van der Waals surface area contributed by atoms with Gasteiger partial charge in [0.05, 0.1) is 12.7 Å². The van der Waals surface area contributed by atoms with Gasteiger partial charge in [-0.3, -0.25) is 0 Å². The van der Waals surface area contributed by atoms with Crippen LogP contribution in [0.25, 0.3) is 0 Å². The zero-order valence-corrected chi connectivity index (χ0v) is 13.9. The van der Waals surface area contributed by atoms with Crippen LogP contribution in [0.1, 0.15) is 34.1 Å². The lowest BCUT2D eigenvalue weighted by atomic mass is 10.1. The molecule has 0 radical (unpaired) electrons. The van der Waals surface area contributed by atoms with Crippen LogP contribution >= 0.6 is 0 Å². The highest BCUT2D eigenvalue weighted by molar-refractivity contribution is 5.87. The van der Waals surface area contributed by atoms with Gasteiger partial charge in [-0.05, 0) is 33.1 Å². The number of rotatable bonds is 9. The van der Waals surface area contributed by atoms with E-state index in [9.17, 15) is 4.79 Å². The molecule has 0 aromatic heterocycles. The Morgan fingerprint density at radius 3 is 2.48 bits per heavy atom. The fraction of sp³-hybridized carbons (Fsp3) is 0.500. The molecule has 3 heteroatoms. The van der Waals surface area contributed by atoms with Crippen molar-refractivity contribution in [1.82, 2.24) is 0 Å². The van der Waals surface area contributed by atoms with Crippen molar-refractivity contribution >= 4 is 5.97 Å². The van der Waals surface area contributed by atoms with Crippen LogP contribution in [0.4, 0.5) is 0 Å². The fourth-order valence-electron chi connectivity index (χ4n) is 1.81. The van der Waals surface area contributed by atoms with Gasteiger partial charge >= 0.3 is 5.97 Å². The molecule has 2 atom stereocenters. The number of carbonyl (C=O) groups excluding carboxylic acids is 1. The Kier molecular flexibility index (Phi) is 10.2. The van der Waals surface area contributed by atoms with Gasteiger partial charge in [0, 0.05) is 12.7 Å².